The molecule has 0 aliphatic carbocycles. The SMILES string of the molecule is CCC(CC)CNCc1cc(Br)ccc1O.Cl. The first-order valence-electron chi connectivity index (χ1n) is 5.85. The van der Waals surface area contributed by atoms with Gasteiger partial charge in [0.15, 0.2) is 0 Å². The van der Waals surface area contributed by atoms with Crippen molar-refractivity contribution in [2.24, 2.45) is 5.92 Å². The maximum absolute atomic E-state index is 9.65. The minimum absolute atomic E-state index is 0. The summed E-state index contributed by atoms with van der Waals surface area (Å²) < 4.78 is 1.00. The summed E-state index contributed by atoms with van der Waals surface area (Å²) in [6.07, 6.45) is 2.40. The molecular formula is C13H21BrClNO. The zero-order chi connectivity index (χ0) is 12.0. The fourth-order valence-corrected chi connectivity index (χ4v) is 2.09. The standard InChI is InChI=1S/C13H20BrNO.ClH/c1-3-10(4-2)8-15-9-11-7-12(14)5-6-13(11)16;/h5-7,10,15-16H,3-4,8-9H2,1-2H3;1H. The van der Waals surface area contributed by atoms with E-state index in [-0.39, 0.29) is 12.4 Å². The van der Waals surface area contributed by atoms with E-state index in [1.807, 2.05) is 12.1 Å². The molecule has 0 radical (unpaired) electrons. The summed E-state index contributed by atoms with van der Waals surface area (Å²) in [5.41, 5.74) is 0.945. The smallest absolute Gasteiger partial charge is 0.120 e. The van der Waals surface area contributed by atoms with E-state index in [0.717, 1.165) is 29.0 Å². The quantitative estimate of drug-likeness (QED) is 0.826. The van der Waals surface area contributed by atoms with Crippen molar-refractivity contribution in [2.75, 3.05) is 6.54 Å². The number of phenolic OH excluding ortho intramolecular Hbond substituents is 1. The molecule has 2 nitrogen and oxygen atoms in total. The molecule has 1 aromatic carbocycles. The minimum Gasteiger partial charge on any atom is -0.508 e. The van der Waals surface area contributed by atoms with Crippen LogP contribution in [-0.2, 0) is 6.54 Å². The summed E-state index contributed by atoms with van der Waals surface area (Å²) in [6.45, 7) is 6.17. The molecule has 0 aliphatic rings. The number of halogens is 2. The Labute approximate surface area is 118 Å². The summed E-state index contributed by atoms with van der Waals surface area (Å²) in [6, 6.07) is 5.52. The Bertz CT molecular complexity index is 329. The van der Waals surface area contributed by atoms with Crippen molar-refractivity contribution in [1.82, 2.24) is 5.32 Å². The van der Waals surface area contributed by atoms with Gasteiger partial charge in [0.2, 0.25) is 0 Å². The van der Waals surface area contributed by atoms with Crippen LogP contribution in [0, 0.1) is 5.92 Å². The van der Waals surface area contributed by atoms with Gasteiger partial charge in [0.25, 0.3) is 0 Å². The van der Waals surface area contributed by atoms with Gasteiger partial charge in [-0.3, -0.25) is 0 Å². The van der Waals surface area contributed by atoms with Gasteiger partial charge in [-0.2, -0.15) is 0 Å². The predicted octanol–water partition coefficient (Wildman–Crippen LogP) is 4.10. The normalized spacial score (nSPS) is 10.4. The Kier molecular flexibility index (Phi) is 8.66. The third-order valence-corrected chi connectivity index (χ3v) is 3.44. The van der Waals surface area contributed by atoms with E-state index in [1.54, 1.807) is 6.07 Å². The number of nitrogens with one attached hydrogen (secondary N) is 1. The molecule has 0 atom stereocenters. The average Bonchev–Trinajstić information content (AvgIpc) is 2.29. The van der Waals surface area contributed by atoms with Gasteiger partial charge in [0.1, 0.15) is 5.75 Å². The number of aromatic hydroxyl groups is 1. The summed E-state index contributed by atoms with van der Waals surface area (Å²) in [4.78, 5) is 0. The lowest BCUT2D eigenvalue weighted by molar-refractivity contribution is 0.437. The second kappa shape index (κ2) is 8.78. The van der Waals surface area contributed by atoms with Gasteiger partial charge in [-0.25, -0.2) is 0 Å². The zero-order valence-corrected chi connectivity index (χ0v) is 12.8. The van der Waals surface area contributed by atoms with Crippen LogP contribution in [0.2, 0.25) is 0 Å². The molecule has 17 heavy (non-hydrogen) atoms. The first kappa shape index (κ1) is 16.8. The Morgan fingerprint density at radius 3 is 2.53 bits per heavy atom. The molecule has 4 heteroatoms. The third-order valence-electron chi connectivity index (χ3n) is 2.94. The van der Waals surface area contributed by atoms with Crippen molar-refractivity contribution < 1.29 is 5.11 Å². The van der Waals surface area contributed by atoms with Crippen LogP contribution in [-0.4, -0.2) is 11.7 Å². The molecule has 0 amide bonds. The van der Waals surface area contributed by atoms with Crippen LogP contribution in [0.25, 0.3) is 0 Å². The molecule has 1 rings (SSSR count). The van der Waals surface area contributed by atoms with Gasteiger partial charge in [-0.05, 0) is 30.7 Å². The largest absolute Gasteiger partial charge is 0.508 e. The topological polar surface area (TPSA) is 32.3 Å². The van der Waals surface area contributed by atoms with Gasteiger partial charge in [0, 0.05) is 16.6 Å². The summed E-state index contributed by atoms with van der Waals surface area (Å²) in [7, 11) is 0. The highest BCUT2D eigenvalue weighted by Gasteiger charge is 2.04. The lowest BCUT2D eigenvalue weighted by Gasteiger charge is -2.13. The van der Waals surface area contributed by atoms with E-state index in [9.17, 15) is 5.11 Å². The van der Waals surface area contributed by atoms with E-state index in [4.69, 9.17) is 0 Å². The molecule has 0 saturated carbocycles. The maximum Gasteiger partial charge on any atom is 0.120 e. The first-order valence-corrected chi connectivity index (χ1v) is 6.64. The average molecular weight is 323 g/mol. The molecular weight excluding hydrogens is 302 g/mol. The summed E-state index contributed by atoms with van der Waals surface area (Å²) >= 11 is 3.41. The molecule has 0 spiro atoms. The van der Waals surface area contributed by atoms with Crippen molar-refractivity contribution >= 4 is 28.3 Å². The minimum atomic E-state index is 0. The van der Waals surface area contributed by atoms with Crippen molar-refractivity contribution in [3.8, 4) is 5.75 Å². The molecule has 0 saturated heterocycles. The first-order chi connectivity index (χ1) is 7.67. The number of rotatable bonds is 6. The van der Waals surface area contributed by atoms with Crippen LogP contribution < -0.4 is 5.32 Å². The van der Waals surface area contributed by atoms with Crippen LogP contribution in [0.5, 0.6) is 5.75 Å². The van der Waals surface area contributed by atoms with Gasteiger partial charge in [-0.1, -0.05) is 42.6 Å². The number of phenols is 1. The Hall–Kier alpha value is -0.250. The summed E-state index contributed by atoms with van der Waals surface area (Å²) in [5, 5.41) is 13.0. The molecule has 1 aromatic rings. The highest BCUT2D eigenvalue weighted by atomic mass is 79.9. The fraction of sp³-hybridized carbons (Fsp3) is 0.538. The molecule has 0 bridgehead atoms. The van der Waals surface area contributed by atoms with Gasteiger partial charge in [-0.15, -0.1) is 12.4 Å². The molecule has 2 N–H and O–H groups in total. The predicted molar refractivity (Wildman–Crippen MR) is 78.8 cm³/mol. The third kappa shape index (κ3) is 5.75. The second-order valence-corrected chi connectivity index (χ2v) is 5.00. The second-order valence-electron chi connectivity index (χ2n) is 4.09. The van der Waals surface area contributed by atoms with E-state index in [2.05, 4.69) is 35.1 Å². The van der Waals surface area contributed by atoms with E-state index < -0.39 is 0 Å². The van der Waals surface area contributed by atoms with Crippen LogP contribution in [0.1, 0.15) is 32.3 Å². The van der Waals surface area contributed by atoms with Crippen LogP contribution in [0.15, 0.2) is 22.7 Å². The van der Waals surface area contributed by atoms with Crippen molar-refractivity contribution in [3.63, 3.8) is 0 Å². The zero-order valence-electron chi connectivity index (χ0n) is 10.4. The molecule has 0 unspecified atom stereocenters. The highest BCUT2D eigenvalue weighted by molar-refractivity contribution is 9.10. The van der Waals surface area contributed by atoms with E-state index in [1.165, 1.54) is 12.8 Å². The van der Waals surface area contributed by atoms with E-state index >= 15 is 0 Å². The Morgan fingerprint density at radius 2 is 1.94 bits per heavy atom. The molecule has 0 aromatic heterocycles. The van der Waals surface area contributed by atoms with Crippen LogP contribution >= 0.6 is 28.3 Å². The highest BCUT2D eigenvalue weighted by Crippen LogP contribution is 2.21. The molecule has 98 valence electrons. The van der Waals surface area contributed by atoms with Gasteiger partial charge < -0.3 is 10.4 Å². The van der Waals surface area contributed by atoms with Gasteiger partial charge in [0.05, 0.1) is 0 Å². The van der Waals surface area contributed by atoms with Crippen molar-refractivity contribution in [1.29, 1.82) is 0 Å². The molecule has 0 fully saturated rings. The number of hydrogen-bond acceptors (Lipinski definition) is 2. The van der Waals surface area contributed by atoms with Crippen molar-refractivity contribution in [2.45, 2.75) is 33.2 Å². The molecule has 0 heterocycles. The Balaban J connectivity index is 0.00000256. The van der Waals surface area contributed by atoms with Crippen molar-refractivity contribution in [3.05, 3.63) is 28.2 Å². The van der Waals surface area contributed by atoms with Crippen LogP contribution in [0.4, 0.5) is 0 Å². The Morgan fingerprint density at radius 1 is 1.29 bits per heavy atom. The monoisotopic (exact) mass is 321 g/mol. The lowest BCUT2D eigenvalue weighted by atomic mass is 10.0. The maximum atomic E-state index is 9.65. The van der Waals surface area contributed by atoms with Gasteiger partial charge >= 0.3 is 0 Å². The lowest BCUT2D eigenvalue weighted by Crippen LogP contribution is -2.21. The molecule has 0 aliphatic heterocycles. The van der Waals surface area contributed by atoms with E-state index in [0.29, 0.717) is 5.75 Å². The fourth-order valence-electron chi connectivity index (χ4n) is 1.68. The number of benzene rings is 1. The summed E-state index contributed by atoms with van der Waals surface area (Å²) in [5.74, 6) is 1.09. The number of hydrogen-bond donors (Lipinski definition) is 2. The van der Waals surface area contributed by atoms with Crippen LogP contribution in [0.3, 0.4) is 0 Å².